The van der Waals surface area contributed by atoms with Gasteiger partial charge < -0.3 is 19.9 Å². The second-order valence-corrected chi connectivity index (χ2v) is 9.62. The number of alkyl halides is 3. The molecule has 1 N–H and O–H groups in total. The summed E-state index contributed by atoms with van der Waals surface area (Å²) in [6, 6.07) is 5.80. The maximum atomic E-state index is 12.8. The van der Waals surface area contributed by atoms with Gasteiger partial charge in [0.05, 0.1) is 5.69 Å². The summed E-state index contributed by atoms with van der Waals surface area (Å²) in [5, 5.41) is 17.2. The van der Waals surface area contributed by atoms with Crippen LogP contribution in [0.4, 0.5) is 24.7 Å². The summed E-state index contributed by atoms with van der Waals surface area (Å²) in [5.41, 5.74) is 3.61. The molecule has 2 fully saturated rings. The minimum absolute atomic E-state index is 0.298. The summed E-state index contributed by atoms with van der Waals surface area (Å²) in [5.74, 6) is 1.03. The Kier molecular flexibility index (Phi) is 4.87. The van der Waals surface area contributed by atoms with Gasteiger partial charge >= 0.3 is 6.36 Å². The van der Waals surface area contributed by atoms with Crippen molar-refractivity contribution in [3.63, 3.8) is 0 Å². The van der Waals surface area contributed by atoms with E-state index in [1.165, 1.54) is 23.8 Å². The maximum Gasteiger partial charge on any atom is 0.573 e. The Hall–Kier alpha value is -3.08. The Morgan fingerprint density at radius 2 is 1.91 bits per heavy atom. The lowest BCUT2D eigenvalue weighted by atomic mass is 9.72. The number of hydrogen-bond acceptors (Lipinski definition) is 7. The van der Waals surface area contributed by atoms with E-state index in [-0.39, 0.29) is 5.75 Å². The Bertz CT molecular complexity index is 1230. The highest BCUT2D eigenvalue weighted by molar-refractivity contribution is 5.80. The first-order valence-electron chi connectivity index (χ1n) is 11.6. The van der Waals surface area contributed by atoms with Crippen LogP contribution in [-0.2, 0) is 6.42 Å². The molecular weight excluding hydrogens is 447 g/mol. The standard InChI is InChI=1S/C23H26F3N7O/c1-31-11-3-6-17-18(31)21-29-28-19(15-4-2-5-16(12-15)34-23(24,25)26)33(21)30-20(17)32-13-22(14-32)7-9-27-10-8-22/h2,4-5,12,27H,3,6-11,13-14H2,1H3. The van der Waals surface area contributed by atoms with Crippen molar-refractivity contribution in [3.8, 4) is 17.1 Å². The molecule has 0 saturated carbocycles. The van der Waals surface area contributed by atoms with Crippen LogP contribution in [0.25, 0.3) is 17.0 Å². The monoisotopic (exact) mass is 473 g/mol. The van der Waals surface area contributed by atoms with Gasteiger partial charge in [-0.15, -0.1) is 28.5 Å². The molecule has 0 amide bonds. The zero-order chi connectivity index (χ0) is 23.5. The molecule has 0 unspecified atom stereocenters. The van der Waals surface area contributed by atoms with Crippen molar-refractivity contribution < 1.29 is 17.9 Å². The predicted octanol–water partition coefficient (Wildman–Crippen LogP) is 3.26. The summed E-state index contributed by atoms with van der Waals surface area (Å²) >= 11 is 0. The lowest BCUT2D eigenvalue weighted by molar-refractivity contribution is -0.274. The first-order valence-corrected chi connectivity index (χ1v) is 11.6. The van der Waals surface area contributed by atoms with Crippen molar-refractivity contribution in [1.29, 1.82) is 0 Å². The van der Waals surface area contributed by atoms with Crippen LogP contribution in [0.15, 0.2) is 24.3 Å². The third kappa shape index (κ3) is 3.62. The number of hydrogen-bond donors (Lipinski definition) is 1. The molecule has 34 heavy (non-hydrogen) atoms. The van der Waals surface area contributed by atoms with Crippen LogP contribution >= 0.6 is 0 Å². The highest BCUT2D eigenvalue weighted by Crippen LogP contribution is 2.44. The van der Waals surface area contributed by atoms with Crippen molar-refractivity contribution in [2.24, 2.45) is 5.41 Å². The molecule has 5 heterocycles. The predicted molar refractivity (Wildman–Crippen MR) is 121 cm³/mol. The molecule has 3 aliphatic heterocycles. The van der Waals surface area contributed by atoms with E-state index in [0.29, 0.717) is 22.5 Å². The number of ether oxygens (including phenoxy) is 1. The Morgan fingerprint density at radius 1 is 1.12 bits per heavy atom. The van der Waals surface area contributed by atoms with Crippen LogP contribution in [0.2, 0.25) is 0 Å². The number of benzene rings is 1. The first-order chi connectivity index (χ1) is 16.3. The van der Waals surface area contributed by atoms with Gasteiger partial charge in [-0.25, -0.2) is 0 Å². The minimum Gasteiger partial charge on any atom is -0.406 e. The lowest BCUT2D eigenvalue weighted by Gasteiger charge is -2.53. The second-order valence-electron chi connectivity index (χ2n) is 9.62. The van der Waals surface area contributed by atoms with Gasteiger partial charge in [0.1, 0.15) is 5.75 Å². The molecule has 0 bridgehead atoms. The maximum absolute atomic E-state index is 12.8. The molecule has 6 rings (SSSR count). The molecule has 11 heteroatoms. The molecule has 2 saturated heterocycles. The Balaban J connectivity index is 1.43. The van der Waals surface area contributed by atoms with E-state index in [9.17, 15) is 13.2 Å². The molecule has 8 nitrogen and oxygen atoms in total. The van der Waals surface area contributed by atoms with Crippen molar-refractivity contribution in [3.05, 3.63) is 29.8 Å². The Morgan fingerprint density at radius 3 is 2.68 bits per heavy atom. The number of piperidine rings is 1. The number of aromatic nitrogens is 4. The van der Waals surface area contributed by atoms with Crippen LogP contribution in [0, 0.1) is 5.41 Å². The highest BCUT2D eigenvalue weighted by Gasteiger charge is 2.45. The summed E-state index contributed by atoms with van der Waals surface area (Å²) in [6.07, 6.45) is -0.480. The van der Waals surface area contributed by atoms with Gasteiger partial charge in [-0.2, -0.15) is 4.52 Å². The van der Waals surface area contributed by atoms with Crippen LogP contribution < -0.4 is 19.9 Å². The lowest BCUT2D eigenvalue weighted by Crippen LogP contribution is -2.60. The van der Waals surface area contributed by atoms with Crippen LogP contribution in [0.5, 0.6) is 5.75 Å². The van der Waals surface area contributed by atoms with E-state index < -0.39 is 6.36 Å². The van der Waals surface area contributed by atoms with Gasteiger partial charge in [-0.05, 0) is 50.9 Å². The molecule has 3 aromatic rings. The van der Waals surface area contributed by atoms with E-state index >= 15 is 0 Å². The number of anilines is 2. The number of fused-ring (bicyclic) bond motifs is 3. The van der Waals surface area contributed by atoms with Crippen LogP contribution in [-0.4, -0.2) is 65.9 Å². The summed E-state index contributed by atoms with van der Waals surface area (Å²) in [6.45, 7) is 4.93. The molecule has 0 radical (unpaired) electrons. The third-order valence-corrected chi connectivity index (χ3v) is 7.25. The average molecular weight is 474 g/mol. The van der Waals surface area contributed by atoms with E-state index in [4.69, 9.17) is 5.10 Å². The molecule has 0 atom stereocenters. The fourth-order valence-electron chi connectivity index (χ4n) is 5.61. The number of nitrogens with one attached hydrogen (secondary N) is 1. The zero-order valence-electron chi connectivity index (χ0n) is 18.9. The molecular formula is C23H26F3N7O. The van der Waals surface area contributed by atoms with Gasteiger partial charge in [-0.3, -0.25) is 0 Å². The van der Waals surface area contributed by atoms with E-state index in [1.54, 1.807) is 10.6 Å². The fourth-order valence-corrected chi connectivity index (χ4v) is 5.61. The van der Waals surface area contributed by atoms with Crippen molar-refractivity contribution in [2.45, 2.75) is 32.0 Å². The normalized spacial score (nSPS) is 19.9. The van der Waals surface area contributed by atoms with Crippen molar-refractivity contribution >= 4 is 17.2 Å². The van der Waals surface area contributed by atoms with Crippen molar-refractivity contribution in [2.75, 3.05) is 49.6 Å². The van der Waals surface area contributed by atoms with E-state index in [0.717, 1.165) is 69.9 Å². The Labute approximate surface area is 194 Å². The van der Waals surface area contributed by atoms with Gasteiger partial charge in [0.25, 0.3) is 0 Å². The van der Waals surface area contributed by atoms with Crippen LogP contribution in [0.3, 0.4) is 0 Å². The topological polar surface area (TPSA) is 70.8 Å². The summed E-state index contributed by atoms with van der Waals surface area (Å²) in [4.78, 5) is 4.52. The quantitative estimate of drug-likeness (QED) is 0.626. The molecule has 3 aliphatic rings. The summed E-state index contributed by atoms with van der Waals surface area (Å²) < 4.78 is 44.1. The van der Waals surface area contributed by atoms with Crippen LogP contribution in [0.1, 0.15) is 24.8 Å². The van der Waals surface area contributed by atoms with E-state index in [1.807, 2.05) is 7.05 Å². The molecule has 1 aromatic carbocycles. The molecule has 0 aliphatic carbocycles. The van der Waals surface area contributed by atoms with Gasteiger partial charge in [0.2, 0.25) is 5.65 Å². The smallest absolute Gasteiger partial charge is 0.406 e. The zero-order valence-corrected chi connectivity index (χ0v) is 18.9. The highest BCUT2D eigenvalue weighted by atomic mass is 19.4. The first kappa shape index (κ1) is 21.5. The molecule has 180 valence electrons. The number of nitrogens with zero attached hydrogens (tertiary/aromatic N) is 6. The SMILES string of the molecule is CN1CCCc2c(N3CC4(CCNCC4)C3)nn3c(-c4cccc(OC(F)(F)F)c4)nnc3c21. The molecule has 2 aromatic heterocycles. The van der Waals surface area contributed by atoms with E-state index in [2.05, 4.69) is 30.1 Å². The minimum atomic E-state index is -4.76. The second kappa shape index (κ2) is 7.72. The van der Waals surface area contributed by atoms with Gasteiger partial charge in [-0.1, -0.05) is 12.1 Å². The molecule has 1 spiro atoms. The number of rotatable bonds is 3. The van der Waals surface area contributed by atoms with Crippen molar-refractivity contribution in [1.82, 2.24) is 25.1 Å². The number of halogens is 3. The third-order valence-electron chi connectivity index (χ3n) is 7.25. The van der Waals surface area contributed by atoms with Gasteiger partial charge in [0, 0.05) is 43.2 Å². The summed E-state index contributed by atoms with van der Waals surface area (Å²) in [7, 11) is 2.04. The van der Waals surface area contributed by atoms with Gasteiger partial charge in [0.15, 0.2) is 11.6 Å². The largest absolute Gasteiger partial charge is 0.573 e. The fraction of sp³-hybridized carbons (Fsp3) is 0.522. The average Bonchev–Trinajstić information content (AvgIpc) is 3.20.